The van der Waals surface area contributed by atoms with Crippen LogP contribution in [0.5, 0.6) is 0 Å². The minimum atomic E-state index is -2.54. The first-order chi connectivity index (χ1) is 16.3. The number of nitrogens with zero attached hydrogens (tertiary/aromatic N) is 1. The summed E-state index contributed by atoms with van der Waals surface area (Å²) in [5, 5.41) is 5.92. The van der Waals surface area contributed by atoms with E-state index in [2.05, 4.69) is 10.6 Å². The summed E-state index contributed by atoms with van der Waals surface area (Å²) in [4.78, 5) is 38.2. The molecule has 3 fully saturated rings. The quantitative estimate of drug-likeness (QED) is 0.640. The van der Waals surface area contributed by atoms with E-state index in [0.29, 0.717) is 50.5 Å². The van der Waals surface area contributed by atoms with Crippen LogP contribution < -0.4 is 10.6 Å². The molecule has 3 heterocycles. The molecule has 2 saturated heterocycles. The van der Waals surface area contributed by atoms with E-state index in [1.54, 1.807) is 4.90 Å². The number of halogens is 2. The number of imide groups is 1. The number of rotatable bonds is 5. The molecular formula is C25H31F2N3O4. The molecule has 7 nitrogen and oxygen atoms in total. The smallest absolute Gasteiger partial charge is 0.255 e. The van der Waals surface area contributed by atoms with Gasteiger partial charge in [0.15, 0.2) is 0 Å². The van der Waals surface area contributed by atoms with Crippen LogP contribution in [0.4, 0.5) is 8.78 Å². The molecule has 3 aliphatic heterocycles. The lowest BCUT2D eigenvalue weighted by Gasteiger charge is -2.37. The first-order valence-electron chi connectivity index (χ1n) is 12.3. The maximum atomic E-state index is 13.5. The zero-order chi connectivity index (χ0) is 23.9. The Bertz CT molecular complexity index is 975. The van der Waals surface area contributed by atoms with Crippen LogP contribution in [0.3, 0.4) is 0 Å². The summed E-state index contributed by atoms with van der Waals surface area (Å²) < 4.78 is 32.7. The van der Waals surface area contributed by atoms with E-state index in [1.165, 1.54) is 0 Å². The van der Waals surface area contributed by atoms with E-state index in [0.717, 1.165) is 24.0 Å². The second-order valence-electron chi connectivity index (χ2n) is 10.1. The Hall–Kier alpha value is -2.39. The number of alkyl halides is 2. The van der Waals surface area contributed by atoms with Crippen molar-refractivity contribution in [2.75, 3.05) is 13.2 Å². The predicted octanol–water partition coefficient (Wildman–Crippen LogP) is 2.56. The van der Waals surface area contributed by atoms with Crippen LogP contribution in [0.15, 0.2) is 18.2 Å². The summed E-state index contributed by atoms with van der Waals surface area (Å²) in [7, 11) is 0. The second kappa shape index (κ2) is 9.34. The van der Waals surface area contributed by atoms with Crippen molar-refractivity contribution in [3.8, 4) is 0 Å². The zero-order valence-electron chi connectivity index (χ0n) is 19.2. The molecule has 184 valence electrons. The van der Waals surface area contributed by atoms with Gasteiger partial charge in [0, 0.05) is 50.1 Å². The Labute approximate surface area is 197 Å². The van der Waals surface area contributed by atoms with Crippen LogP contribution in [0.2, 0.25) is 0 Å². The number of piperidine rings is 1. The Kier molecular flexibility index (Phi) is 6.41. The Balaban J connectivity index is 1.24. The molecule has 1 saturated carbocycles. The monoisotopic (exact) mass is 475 g/mol. The highest BCUT2D eigenvalue weighted by atomic mass is 19.3. The average Bonchev–Trinajstić information content (AvgIpc) is 3.12. The molecule has 1 aromatic rings. The van der Waals surface area contributed by atoms with Crippen LogP contribution in [-0.4, -0.2) is 59.9 Å². The van der Waals surface area contributed by atoms with Crippen molar-refractivity contribution >= 4 is 17.7 Å². The summed E-state index contributed by atoms with van der Waals surface area (Å²) in [5.41, 5.74) is 2.63. The van der Waals surface area contributed by atoms with Gasteiger partial charge in [-0.15, -0.1) is 0 Å². The maximum absolute atomic E-state index is 13.5. The van der Waals surface area contributed by atoms with Gasteiger partial charge in [0.25, 0.3) is 5.91 Å². The number of nitrogens with one attached hydrogen (secondary N) is 2. The molecule has 9 heteroatoms. The van der Waals surface area contributed by atoms with Gasteiger partial charge in [-0.1, -0.05) is 12.1 Å². The van der Waals surface area contributed by atoms with Gasteiger partial charge in [0.05, 0.1) is 6.61 Å². The number of hydrogen-bond acceptors (Lipinski definition) is 5. The van der Waals surface area contributed by atoms with E-state index in [1.807, 2.05) is 18.2 Å². The Morgan fingerprint density at radius 2 is 1.91 bits per heavy atom. The van der Waals surface area contributed by atoms with E-state index in [9.17, 15) is 23.2 Å². The SMILES string of the molecule is O=C1CCC(N2Cc3cc(C[C@H]4CCOC[C@@H]4NC4CCC(F)(F)CC4)ccc3C2=O)C(=O)N1. The van der Waals surface area contributed by atoms with E-state index < -0.39 is 17.9 Å². The van der Waals surface area contributed by atoms with Gasteiger partial charge >= 0.3 is 0 Å². The number of benzene rings is 1. The van der Waals surface area contributed by atoms with Gasteiger partial charge < -0.3 is 15.0 Å². The molecule has 3 atom stereocenters. The number of carbonyl (C=O) groups is 3. The molecule has 5 rings (SSSR count). The van der Waals surface area contributed by atoms with E-state index in [4.69, 9.17) is 4.74 Å². The zero-order valence-corrected chi connectivity index (χ0v) is 19.2. The maximum Gasteiger partial charge on any atom is 0.255 e. The molecule has 1 aromatic carbocycles. The van der Waals surface area contributed by atoms with Crippen molar-refractivity contribution in [3.05, 3.63) is 34.9 Å². The summed E-state index contributed by atoms with van der Waals surface area (Å²) in [6.45, 7) is 1.61. The molecule has 1 unspecified atom stereocenters. The summed E-state index contributed by atoms with van der Waals surface area (Å²) in [5.74, 6) is -3.10. The van der Waals surface area contributed by atoms with Gasteiger partial charge in [0.2, 0.25) is 17.7 Å². The molecule has 4 aliphatic rings. The van der Waals surface area contributed by atoms with Crippen LogP contribution in [0.1, 0.15) is 66.4 Å². The minimum absolute atomic E-state index is 0.0640. The fourth-order valence-electron chi connectivity index (χ4n) is 5.78. The predicted molar refractivity (Wildman–Crippen MR) is 119 cm³/mol. The van der Waals surface area contributed by atoms with Crippen molar-refractivity contribution < 1.29 is 27.9 Å². The molecular weight excluding hydrogens is 444 g/mol. The number of amides is 3. The molecule has 2 N–H and O–H groups in total. The van der Waals surface area contributed by atoms with Crippen molar-refractivity contribution in [1.82, 2.24) is 15.5 Å². The second-order valence-corrected chi connectivity index (χ2v) is 10.1. The van der Waals surface area contributed by atoms with Crippen LogP contribution in [-0.2, 0) is 27.3 Å². The highest BCUT2D eigenvalue weighted by molar-refractivity contribution is 6.05. The largest absolute Gasteiger partial charge is 0.380 e. The van der Waals surface area contributed by atoms with E-state index >= 15 is 0 Å². The van der Waals surface area contributed by atoms with Crippen LogP contribution in [0, 0.1) is 5.92 Å². The third kappa shape index (κ3) is 4.86. The number of ether oxygens (including phenoxy) is 1. The van der Waals surface area contributed by atoms with Gasteiger partial charge in [0.1, 0.15) is 6.04 Å². The molecule has 0 aromatic heterocycles. The van der Waals surface area contributed by atoms with Crippen LogP contribution in [0.25, 0.3) is 0 Å². The molecule has 3 amide bonds. The Morgan fingerprint density at radius 3 is 2.68 bits per heavy atom. The number of hydrogen-bond donors (Lipinski definition) is 2. The third-order valence-corrected chi connectivity index (χ3v) is 7.75. The molecule has 34 heavy (non-hydrogen) atoms. The lowest BCUT2D eigenvalue weighted by atomic mass is 9.85. The molecule has 0 spiro atoms. The fourth-order valence-corrected chi connectivity index (χ4v) is 5.78. The number of fused-ring (bicyclic) bond motifs is 1. The average molecular weight is 476 g/mol. The highest BCUT2D eigenvalue weighted by Gasteiger charge is 2.40. The van der Waals surface area contributed by atoms with Crippen molar-refractivity contribution in [2.24, 2.45) is 5.92 Å². The van der Waals surface area contributed by atoms with Gasteiger partial charge in [-0.05, 0) is 55.2 Å². The third-order valence-electron chi connectivity index (χ3n) is 7.75. The van der Waals surface area contributed by atoms with Gasteiger partial charge in [-0.3, -0.25) is 19.7 Å². The fraction of sp³-hybridized carbons (Fsp3) is 0.640. The summed E-state index contributed by atoms with van der Waals surface area (Å²) in [6.07, 6.45) is 3.11. The summed E-state index contributed by atoms with van der Waals surface area (Å²) >= 11 is 0. The lowest BCUT2D eigenvalue weighted by Crippen LogP contribution is -2.52. The van der Waals surface area contributed by atoms with Crippen LogP contribution >= 0.6 is 0 Å². The van der Waals surface area contributed by atoms with Crippen molar-refractivity contribution in [3.63, 3.8) is 0 Å². The van der Waals surface area contributed by atoms with Gasteiger partial charge in [-0.25, -0.2) is 8.78 Å². The summed E-state index contributed by atoms with van der Waals surface area (Å²) in [6, 6.07) is 5.44. The first-order valence-corrected chi connectivity index (χ1v) is 12.3. The molecule has 1 aliphatic carbocycles. The van der Waals surface area contributed by atoms with Crippen molar-refractivity contribution in [2.45, 2.75) is 82.0 Å². The molecule has 0 radical (unpaired) electrons. The van der Waals surface area contributed by atoms with Crippen molar-refractivity contribution in [1.29, 1.82) is 0 Å². The Morgan fingerprint density at radius 1 is 1.12 bits per heavy atom. The standard InChI is InChI=1S/C25H31F2N3O4/c26-25(27)8-5-18(6-9-25)28-20-14-34-10-7-16(20)11-15-1-2-19-17(12-15)13-30(24(19)33)21-3-4-22(31)29-23(21)32/h1-2,12,16,18,20-21,28H,3-11,13-14H2,(H,29,31,32)/t16-,20+,21?/m1/s1. The first kappa shape index (κ1) is 23.4. The van der Waals surface area contributed by atoms with Gasteiger partial charge in [-0.2, -0.15) is 0 Å². The number of carbonyl (C=O) groups excluding carboxylic acids is 3. The molecule has 0 bridgehead atoms. The van der Waals surface area contributed by atoms with E-state index in [-0.39, 0.29) is 43.2 Å². The highest BCUT2D eigenvalue weighted by Crippen LogP contribution is 2.34. The minimum Gasteiger partial charge on any atom is -0.380 e. The lowest BCUT2D eigenvalue weighted by molar-refractivity contribution is -0.136. The normalized spacial score (nSPS) is 29.8. The topological polar surface area (TPSA) is 87.7 Å².